The molecule has 0 heterocycles. The van der Waals surface area contributed by atoms with Crippen LogP contribution in [0.15, 0.2) is 24.3 Å². The lowest BCUT2D eigenvalue weighted by atomic mass is 9.89. The molecule has 0 amide bonds. The zero-order chi connectivity index (χ0) is 12.7. The van der Waals surface area contributed by atoms with E-state index in [-0.39, 0.29) is 5.82 Å². The summed E-state index contributed by atoms with van der Waals surface area (Å²) in [4.78, 5) is 0. The zero-order valence-corrected chi connectivity index (χ0v) is 11.2. The molecule has 0 radical (unpaired) electrons. The molecule has 0 aromatic heterocycles. The minimum Gasteiger partial charge on any atom is -0.316 e. The molecular formula is C15H24FN. The van der Waals surface area contributed by atoms with Gasteiger partial charge in [0.05, 0.1) is 0 Å². The highest BCUT2D eigenvalue weighted by Crippen LogP contribution is 2.17. The van der Waals surface area contributed by atoms with Crippen LogP contribution in [-0.4, -0.2) is 13.1 Å². The molecule has 0 saturated heterocycles. The molecular weight excluding hydrogens is 213 g/mol. The number of hydrogen-bond donors (Lipinski definition) is 1. The van der Waals surface area contributed by atoms with Gasteiger partial charge in [-0.1, -0.05) is 32.9 Å². The highest BCUT2D eigenvalue weighted by molar-refractivity contribution is 5.16. The Morgan fingerprint density at radius 2 is 1.82 bits per heavy atom. The average molecular weight is 237 g/mol. The summed E-state index contributed by atoms with van der Waals surface area (Å²) in [5.41, 5.74) is 1.23. The molecule has 1 unspecified atom stereocenters. The van der Waals surface area contributed by atoms with Crippen molar-refractivity contribution in [3.63, 3.8) is 0 Å². The first kappa shape index (κ1) is 14.2. The molecule has 0 fully saturated rings. The van der Waals surface area contributed by atoms with Crippen LogP contribution in [0.1, 0.15) is 32.8 Å². The average Bonchev–Trinajstić information content (AvgIpc) is 2.30. The molecule has 96 valence electrons. The van der Waals surface area contributed by atoms with E-state index in [2.05, 4.69) is 26.1 Å². The van der Waals surface area contributed by atoms with Crippen molar-refractivity contribution >= 4 is 0 Å². The van der Waals surface area contributed by atoms with Crippen LogP contribution >= 0.6 is 0 Å². The summed E-state index contributed by atoms with van der Waals surface area (Å²) in [6, 6.07) is 6.88. The third kappa shape index (κ3) is 5.31. The molecule has 1 rings (SSSR count). The highest BCUT2D eigenvalue weighted by Gasteiger charge is 2.13. The van der Waals surface area contributed by atoms with Crippen LogP contribution in [-0.2, 0) is 6.42 Å². The molecule has 1 nitrogen and oxygen atoms in total. The molecule has 1 aromatic carbocycles. The van der Waals surface area contributed by atoms with Crippen LogP contribution in [0.4, 0.5) is 4.39 Å². The summed E-state index contributed by atoms with van der Waals surface area (Å²) in [6.45, 7) is 8.80. The van der Waals surface area contributed by atoms with E-state index >= 15 is 0 Å². The van der Waals surface area contributed by atoms with E-state index in [1.54, 1.807) is 12.1 Å². The van der Waals surface area contributed by atoms with Crippen LogP contribution in [0, 0.1) is 17.7 Å². The van der Waals surface area contributed by atoms with Crippen LogP contribution < -0.4 is 5.32 Å². The zero-order valence-electron chi connectivity index (χ0n) is 11.2. The predicted octanol–water partition coefficient (Wildman–Crippen LogP) is 3.64. The van der Waals surface area contributed by atoms with E-state index < -0.39 is 0 Å². The lowest BCUT2D eigenvalue weighted by molar-refractivity contribution is 0.361. The van der Waals surface area contributed by atoms with Gasteiger partial charge >= 0.3 is 0 Å². The maximum atomic E-state index is 12.8. The van der Waals surface area contributed by atoms with E-state index in [0.717, 1.165) is 19.5 Å². The Morgan fingerprint density at radius 3 is 2.35 bits per heavy atom. The number of nitrogens with one attached hydrogen (secondary N) is 1. The fourth-order valence-corrected chi connectivity index (χ4v) is 1.93. The van der Waals surface area contributed by atoms with Gasteiger partial charge in [-0.25, -0.2) is 4.39 Å². The first-order chi connectivity index (χ1) is 8.13. The van der Waals surface area contributed by atoms with Gasteiger partial charge in [0.25, 0.3) is 0 Å². The van der Waals surface area contributed by atoms with E-state index in [9.17, 15) is 4.39 Å². The topological polar surface area (TPSA) is 12.0 Å². The molecule has 2 heteroatoms. The third-order valence-corrected chi connectivity index (χ3v) is 3.19. The van der Waals surface area contributed by atoms with Gasteiger partial charge in [-0.05, 0) is 55.5 Å². The second kappa shape index (κ2) is 7.44. The molecule has 0 bridgehead atoms. The van der Waals surface area contributed by atoms with Crippen LogP contribution in [0.25, 0.3) is 0 Å². The Hall–Kier alpha value is -0.890. The summed E-state index contributed by atoms with van der Waals surface area (Å²) < 4.78 is 12.8. The molecule has 1 N–H and O–H groups in total. The summed E-state index contributed by atoms with van der Waals surface area (Å²) in [6.07, 6.45) is 2.19. The Balaban J connectivity index is 2.51. The lowest BCUT2D eigenvalue weighted by Gasteiger charge is -2.21. The first-order valence-electron chi connectivity index (χ1n) is 6.58. The fourth-order valence-electron chi connectivity index (χ4n) is 1.93. The van der Waals surface area contributed by atoms with E-state index in [1.165, 1.54) is 12.0 Å². The number of benzene rings is 1. The van der Waals surface area contributed by atoms with E-state index in [1.807, 2.05) is 12.1 Å². The van der Waals surface area contributed by atoms with Crippen molar-refractivity contribution in [1.29, 1.82) is 0 Å². The van der Waals surface area contributed by atoms with Gasteiger partial charge in [-0.2, -0.15) is 0 Å². The monoisotopic (exact) mass is 237 g/mol. The Labute approximate surface area is 104 Å². The van der Waals surface area contributed by atoms with Gasteiger partial charge in [0.2, 0.25) is 0 Å². The largest absolute Gasteiger partial charge is 0.316 e. The van der Waals surface area contributed by atoms with Gasteiger partial charge in [-0.3, -0.25) is 0 Å². The maximum Gasteiger partial charge on any atom is 0.123 e. The number of halogens is 1. The van der Waals surface area contributed by atoms with Crippen molar-refractivity contribution < 1.29 is 4.39 Å². The van der Waals surface area contributed by atoms with Crippen molar-refractivity contribution in [2.75, 3.05) is 13.1 Å². The van der Waals surface area contributed by atoms with Gasteiger partial charge < -0.3 is 5.32 Å². The quantitative estimate of drug-likeness (QED) is 0.714. The lowest BCUT2D eigenvalue weighted by Crippen LogP contribution is -2.28. The normalized spacial score (nSPS) is 13.0. The van der Waals surface area contributed by atoms with E-state index in [0.29, 0.717) is 11.8 Å². The molecule has 0 aliphatic carbocycles. The van der Waals surface area contributed by atoms with Gasteiger partial charge in [0, 0.05) is 0 Å². The van der Waals surface area contributed by atoms with Crippen molar-refractivity contribution in [2.45, 2.75) is 33.6 Å². The summed E-state index contributed by atoms with van der Waals surface area (Å²) in [5, 5.41) is 3.47. The Bertz CT molecular complexity index is 305. The summed E-state index contributed by atoms with van der Waals surface area (Å²) >= 11 is 0. The van der Waals surface area contributed by atoms with Crippen LogP contribution in [0.5, 0.6) is 0 Å². The number of rotatable bonds is 7. The summed E-state index contributed by atoms with van der Waals surface area (Å²) in [5.74, 6) is 1.11. The van der Waals surface area contributed by atoms with Crippen molar-refractivity contribution in [1.82, 2.24) is 5.32 Å². The van der Waals surface area contributed by atoms with Crippen molar-refractivity contribution in [3.8, 4) is 0 Å². The molecule has 0 aliphatic heterocycles. The van der Waals surface area contributed by atoms with Crippen LogP contribution in [0.3, 0.4) is 0 Å². The molecule has 0 saturated carbocycles. The van der Waals surface area contributed by atoms with Crippen molar-refractivity contribution in [3.05, 3.63) is 35.6 Å². The first-order valence-corrected chi connectivity index (χ1v) is 6.58. The SMILES string of the molecule is CCCNCC(Cc1ccc(F)cc1)C(C)C. The minimum absolute atomic E-state index is 0.154. The highest BCUT2D eigenvalue weighted by atomic mass is 19.1. The summed E-state index contributed by atoms with van der Waals surface area (Å²) in [7, 11) is 0. The molecule has 0 aliphatic rings. The van der Waals surface area contributed by atoms with Gasteiger partial charge in [0.1, 0.15) is 5.82 Å². The molecule has 1 aromatic rings. The van der Waals surface area contributed by atoms with Crippen molar-refractivity contribution in [2.24, 2.45) is 11.8 Å². The molecule has 0 spiro atoms. The van der Waals surface area contributed by atoms with Gasteiger partial charge in [0.15, 0.2) is 0 Å². The molecule has 1 atom stereocenters. The molecule has 17 heavy (non-hydrogen) atoms. The fraction of sp³-hybridized carbons (Fsp3) is 0.600. The predicted molar refractivity (Wildman–Crippen MR) is 71.6 cm³/mol. The second-order valence-corrected chi connectivity index (χ2v) is 5.04. The van der Waals surface area contributed by atoms with Crippen LogP contribution in [0.2, 0.25) is 0 Å². The van der Waals surface area contributed by atoms with Gasteiger partial charge in [-0.15, -0.1) is 0 Å². The second-order valence-electron chi connectivity index (χ2n) is 5.04. The Kier molecular flexibility index (Phi) is 6.20. The third-order valence-electron chi connectivity index (χ3n) is 3.19. The Morgan fingerprint density at radius 1 is 1.18 bits per heavy atom. The number of hydrogen-bond acceptors (Lipinski definition) is 1. The standard InChI is InChI=1S/C15H24FN/c1-4-9-17-11-14(12(2)3)10-13-5-7-15(16)8-6-13/h5-8,12,14,17H,4,9-11H2,1-3H3. The maximum absolute atomic E-state index is 12.8. The van der Waals surface area contributed by atoms with E-state index in [4.69, 9.17) is 0 Å². The minimum atomic E-state index is -0.154. The smallest absolute Gasteiger partial charge is 0.123 e.